The van der Waals surface area contributed by atoms with Crippen LogP contribution in [0.3, 0.4) is 0 Å². The summed E-state index contributed by atoms with van der Waals surface area (Å²) in [5, 5.41) is 0. The smallest absolute Gasteiger partial charge is 0.227 e. The number of hydrogen-bond donors (Lipinski definition) is 0. The third-order valence-corrected chi connectivity index (χ3v) is 6.82. The summed E-state index contributed by atoms with van der Waals surface area (Å²) in [4.78, 5) is 19.9. The third-order valence-electron chi connectivity index (χ3n) is 6.82. The SMILES string of the molecule is CCCCCCCCCn1c(C2CC(=O)N(c3ccc(CC)cc3)C2)nc2ccccc21. The molecule has 4 rings (SSSR count). The molecule has 4 heteroatoms. The fourth-order valence-corrected chi connectivity index (χ4v) is 4.91. The maximum absolute atomic E-state index is 12.9. The summed E-state index contributed by atoms with van der Waals surface area (Å²) in [6.45, 7) is 6.12. The molecule has 1 atom stereocenters. The maximum Gasteiger partial charge on any atom is 0.227 e. The second-order valence-corrected chi connectivity index (χ2v) is 9.16. The molecule has 1 unspecified atom stereocenters. The van der Waals surface area contributed by atoms with Crippen LogP contribution in [0.2, 0.25) is 0 Å². The minimum Gasteiger partial charge on any atom is -0.328 e. The molecule has 2 aromatic carbocycles. The van der Waals surface area contributed by atoms with E-state index in [9.17, 15) is 4.79 Å². The lowest BCUT2D eigenvalue weighted by molar-refractivity contribution is -0.117. The summed E-state index contributed by atoms with van der Waals surface area (Å²) in [6.07, 6.45) is 10.6. The van der Waals surface area contributed by atoms with Gasteiger partial charge in [-0.2, -0.15) is 0 Å². The number of unbranched alkanes of at least 4 members (excludes halogenated alkanes) is 6. The van der Waals surface area contributed by atoms with Crippen LogP contribution in [0.1, 0.15) is 82.5 Å². The Labute approximate surface area is 192 Å². The van der Waals surface area contributed by atoms with Crippen molar-refractivity contribution in [3.8, 4) is 0 Å². The molecule has 1 aromatic heterocycles. The molecule has 170 valence electrons. The quantitative estimate of drug-likeness (QED) is 0.311. The van der Waals surface area contributed by atoms with Crippen molar-refractivity contribution in [1.29, 1.82) is 0 Å². The van der Waals surface area contributed by atoms with Crippen molar-refractivity contribution in [1.82, 2.24) is 9.55 Å². The van der Waals surface area contributed by atoms with E-state index in [1.165, 1.54) is 56.0 Å². The molecule has 0 spiro atoms. The highest BCUT2D eigenvalue weighted by atomic mass is 16.2. The van der Waals surface area contributed by atoms with Crippen LogP contribution >= 0.6 is 0 Å². The van der Waals surface area contributed by atoms with E-state index in [2.05, 4.69) is 66.9 Å². The Hall–Kier alpha value is -2.62. The summed E-state index contributed by atoms with van der Waals surface area (Å²) >= 11 is 0. The van der Waals surface area contributed by atoms with Gasteiger partial charge in [-0.3, -0.25) is 4.79 Å². The Kier molecular flexibility index (Phi) is 7.62. The maximum atomic E-state index is 12.9. The number of imidazole rings is 1. The molecule has 1 fully saturated rings. The normalized spacial score (nSPS) is 16.4. The Bertz CT molecular complexity index is 1020. The number of anilines is 1. The summed E-state index contributed by atoms with van der Waals surface area (Å²) < 4.78 is 2.39. The van der Waals surface area contributed by atoms with E-state index in [1.807, 2.05) is 4.90 Å². The first-order chi connectivity index (χ1) is 15.7. The molecule has 1 aliphatic rings. The zero-order chi connectivity index (χ0) is 22.3. The van der Waals surface area contributed by atoms with Crippen LogP contribution < -0.4 is 4.90 Å². The van der Waals surface area contributed by atoms with Crippen LogP contribution in [0.25, 0.3) is 11.0 Å². The lowest BCUT2D eigenvalue weighted by Gasteiger charge is -2.18. The fraction of sp³-hybridized carbons (Fsp3) is 0.500. The summed E-state index contributed by atoms with van der Waals surface area (Å²) in [7, 11) is 0. The molecule has 4 nitrogen and oxygen atoms in total. The Morgan fingerprint density at radius 3 is 2.38 bits per heavy atom. The number of amides is 1. The van der Waals surface area contributed by atoms with Gasteiger partial charge in [-0.15, -0.1) is 0 Å². The van der Waals surface area contributed by atoms with E-state index in [-0.39, 0.29) is 11.8 Å². The number of carbonyl (C=O) groups is 1. The molecule has 2 heterocycles. The summed E-state index contributed by atoms with van der Waals surface area (Å²) in [6, 6.07) is 16.8. The van der Waals surface area contributed by atoms with Crippen LogP contribution in [0.5, 0.6) is 0 Å². The lowest BCUT2D eigenvalue weighted by atomic mass is 10.1. The van der Waals surface area contributed by atoms with Gasteiger partial charge < -0.3 is 9.47 Å². The number of carbonyl (C=O) groups excluding carboxylic acids is 1. The Balaban J connectivity index is 1.48. The zero-order valence-corrected chi connectivity index (χ0v) is 19.7. The first kappa shape index (κ1) is 22.6. The van der Waals surface area contributed by atoms with Gasteiger partial charge in [0.05, 0.1) is 11.0 Å². The van der Waals surface area contributed by atoms with Crippen molar-refractivity contribution in [3.63, 3.8) is 0 Å². The topological polar surface area (TPSA) is 38.1 Å². The molecule has 0 radical (unpaired) electrons. The van der Waals surface area contributed by atoms with E-state index in [4.69, 9.17) is 4.98 Å². The molecule has 32 heavy (non-hydrogen) atoms. The van der Waals surface area contributed by atoms with E-state index in [0.29, 0.717) is 13.0 Å². The molecular weight excluding hydrogens is 394 g/mol. The number of nitrogens with zero attached hydrogens (tertiary/aromatic N) is 3. The third kappa shape index (κ3) is 5.06. The average molecular weight is 432 g/mol. The number of aryl methyl sites for hydroxylation is 2. The molecule has 1 amide bonds. The van der Waals surface area contributed by atoms with Crippen molar-refractivity contribution in [2.75, 3.05) is 11.4 Å². The van der Waals surface area contributed by atoms with Gasteiger partial charge in [0, 0.05) is 31.1 Å². The molecule has 0 bridgehead atoms. The molecule has 3 aromatic rings. The van der Waals surface area contributed by atoms with Crippen LogP contribution in [-0.4, -0.2) is 22.0 Å². The second-order valence-electron chi connectivity index (χ2n) is 9.16. The lowest BCUT2D eigenvalue weighted by Crippen LogP contribution is -2.24. The van der Waals surface area contributed by atoms with Gasteiger partial charge >= 0.3 is 0 Å². The van der Waals surface area contributed by atoms with Gasteiger partial charge in [-0.1, -0.05) is 76.6 Å². The zero-order valence-electron chi connectivity index (χ0n) is 19.7. The van der Waals surface area contributed by atoms with E-state index >= 15 is 0 Å². The number of benzene rings is 2. The molecular formula is C28H37N3O. The highest BCUT2D eigenvalue weighted by Gasteiger charge is 2.34. The van der Waals surface area contributed by atoms with Crippen LogP contribution in [-0.2, 0) is 17.8 Å². The summed E-state index contributed by atoms with van der Waals surface area (Å²) in [5.74, 6) is 1.43. The number of rotatable bonds is 11. The molecule has 0 N–H and O–H groups in total. The highest BCUT2D eigenvalue weighted by Crippen LogP contribution is 2.33. The van der Waals surface area contributed by atoms with Gasteiger partial charge in [0.1, 0.15) is 5.82 Å². The minimum atomic E-state index is 0.144. The molecule has 0 saturated carbocycles. The number of fused-ring (bicyclic) bond motifs is 1. The molecule has 1 aliphatic heterocycles. The fourth-order valence-electron chi connectivity index (χ4n) is 4.91. The first-order valence-electron chi connectivity index (χ1n) is 12.6. The van der Waals surface area contributed by atoms with Crippen LogP contribution in [0.15, 0.2) is 48.5 Å². The first-order valence-corrected chi connectivity index (χ1v) is 12.6. The van der Waals surface area contributed by atoms with Crippen molar-refractivity contribution >= 4 is 22.6 Å². The van der Waals surface area contributed by atoms with E-state index < -0.39 is 0 Å². The van der Waals surface area contributed by atoms with Crippen LogP contribution in [0, 0.1) is 0 Å². The number of hydrogen-bond acceptors (Lipinski definition) is 2. The average Bonchev–Trinajstić information content (AvgIpc) is 3.39. The number of para-hydroxylation sites is 2. The summed E-state index contributed by atoms with van der Waals surface area (Å²) in [5.41, 5.74) is 4.55. The minimum absolute atomic E-state index is 0.144. The van der Waals surface area contributed by atoms with Gasteiger partial charge in [0.25, 0.3) is 0 Å². The number of aromatic nitrogens is 2. The predicted octanol–water partition coefficient (Wildman–Crippen LogP) is 6.87. The van der Waals surface area contributed by atoms with Gasteiger partial charge in [-0.25, -0.2) is 4.98 Å². The van der Waals surface area contributed by atoms with E-state index in [1.54, 1.807) is 0 Å². The van der Waals surface area contributed by atoms with Gasteiger partial charge in [-0.05, 0) is 42.7 Å². The monoisotopic (exact) mass is 431 g/mol. The predicted molar refractivity (Wildman–Crippen MR) is 133 cm³/mol. The second kappa shape index (κ2) is 10.8. The molecule has 0 aliphatic carbocycles. The van der Waals surface area contributed by atoms with Crippen LogP contribution in [0.4, 0.5) is 5.69 Å². The van der Waals surface area contributed by atoms with Crippen molar-refractivity contribution in [2.45, 2.75) is 84.1 Å². The Morgan fingerprint density at radius 1 is 0.906 bits per heavy atom. The van der Waals surface area contributed by atoms with Gasteiger partial charge in [0.15, 0.2) is 0 Å². The van der Waals surface area contributed by atoms with Gasteiger partial charge in [0.2, 0.25) is 5.91 Å². The Morgan fingerprint density at radius 2 is 1.62 bits per heavy atom. The highest BCUT2D eigenvalue weighted by molar-refractivity contribution is 5.96. The molecule has 1 saturated heterocycles. The van der Waals surface area contributed by atoms with E-state index in [0.717, 1.165) is 30.0 Å². The van der Waals surface area contributed by atoms with Crippen molar-refractivity contribution in [2.24, 2.45) is 0 Å². The standard InChI is InChI=1S/C28H37N3O/c1-3-5-6-7-8-9-12-19-30-26-14-11-10-13-25(26)29-28(30)23-20-27(32)31(21-23)24-17-15-22(4-2)16-18-24/h10-11,13-18,23H,3-9,12,19-21H2,1-2H3. The van der Waals surface area contributed by atoms with Crippen molar-refractivity contribution < 1.29 is 4.79 Å². The largest absolute Gasteiger partial charge is 0.328 e. The van der Waals surface area contributed by atoms with Crippen molar-refractivity contribution in [3.05, 3.63) is 59.9 Å².